The summed E-state index contributed by atoms with van der Waals surface area (Å²) in [6.45, 7) is 3.58. The zero-order valence-electron chi connectivity index (χ0n) is 10.7. The molecule has 4 heteroatoms. The van der Waals surface area contributed by atoms with Crippen molar-refractivity contribution in [1.29, 1.82) is 0 Å². The fraction of sp³-hybridized carbons (Fsp3) is 0.571. The van der Waals surface area contributed by atoms with Gasteiger partial charge in [0.15, 0.2) is 11.5 Å². The summed E-state index contributed by atoms with van der Waals surface area (Å²) < 4.78 is 12.4. The Bertz CT molecular complexity index is 463. The molecular formula is C14H18BrNO2. The lowest BCUT2D eigenvalue weighted by atomic mass is 10.0. The van der Waals surface area contributed by atoms with Crippen LogP contribution in [0.2, 0.25) is 0 Å². The lowest BCUT2D eigenvalue weighted by molar-refractivity contribution is 0.171. The predicted molar refractivity (Wildman–Crippen MR) is 74.2 cm³/mol. The Morgan fingerprint density at radius 2 is 1.89 bits per heavy atom. The minimum atomic E-state index is 0.394. The molecular weight excluding hydrogens is 294 g/mol. The van der Waals surface area contributed by atoms with Gasteiger partial charge in [-0.05, 0) is 43.0 Å². The maximum absolute atomic E-state index is 5.67. The molecule has 98 valence electrons. The lowest BCUT2D eigenvalue weighted by Crippen LogP contribution is -2.21. The van der Waals surface area contributed by atoms with Gasteiger partial charge in [-0.3, -0.25) is 0 Å². The summed E-state index contributed by atoms with van der Waals surface area (Å²) in [5.74, 6) is 3.25. The first-order valence-electron chi connectivity index (χ1n) is 6.47. The molecule has 3 atom stereocenters. The molecule has 1 aliphatic carbocycles. The van der Waals surface area contributed by atoms with E-state index >= 15 is 0 Å². The normalized spacial score (nSPS) is 26.8. The third-order valence-corrected chi connectivity index (χ3v) is 4.59. The molecule has 1 aromatic rings. The summed E-state index contributed by atoms with van der Waals surface area (Å²) in [5.41, 5.74) is 1.27. The Kier molecular flexibility index (Phi) is 3.24. The number of fused-ring (bicyclic) bond motifs is 1. The minimum Gasteiger partial charge on any atom is -0.486 e. The maximum Gasteiger partial charge on any atom is 0.162 e. The van der Waals surface area contributed by atoms with E-state index in [-0.39, 0.29) is 0 Å². The van der Waals surface area contributed by atoms with Gasteiger partial charge in [-0.25, -0.2) is 0 Å². The van der Waals surface area contributed by atoms with Gasteiger partial charge in [0.25, 0.3) is 0 Å². The Labute approximate surface area is 116 Å². The number of halogens is 1. The van der Waals surface area contributed by atoms with Crippen LogP contribution in [0.3, 0.4) is 0 Å². The van der Waals surface area contributed by atoms with Crippen LogP contribution in [0.4, 0.5) is 0 Å². The van der Waals surface area contributed by atoms with Crippen LogP contribution in [0.5, 0.6) is 11.5 Å². The number of nitrogens with one attached hydrogen (secondary N) is 1. The second kappa shape index (κ2) is 4.74. The van der Waals surface area contributed by atoms with Crippen LogP contribution in [0.15, 0.2) is 16.6 Å². The molecule has 3 unspecified atom stereocenters. The van der Waals surface area contributed by atoms with Crippen molar-refractivity contribution in [3.63, 3.8) is 0 Å². The minimum absolute atomic E-state index is 0.394. The molecule has 0 spiro atoms. The zero-order valence-corrected chi connectivity index (χ0v) is 12.3. The monoisotopic (exact) mass is 311 g/mol. The fourth-order valence-electron chi connectivity index (χ4n) is 2.73. The van der Waals surface area contributed by atoms with Crippen LogP contribution in [0, 0.1) is 11.8 Å². The van der Waals surface area contributed by atoms with Crippen molar-refractivity contribution in [2.24, 2.45) is 11.8 Å². The molecule has 18 heavy (non-hydrogen) atoms. The van der Waals surface area contributed by atoms with E-state index < -0.39 is 0 Å². The maximum atomic E-state index is 5.67. The highest BCUT2D eigenvalue weighted by atomic mass is 79.9. The molecule has 0 radical (unpaired) electrons. The number of hydrogen-bond acceptors (Lipinski definition) is 3. The van der Waals surface area contributed by atoms with E-state index in [2.05, 4.69) is 34.2 Å². The van der Waals surface area contributed by atoms with Gasteiger partial charge in [-0.2, -0.15) is 0 Å². The highest BCUT2D eigenvalue weighted by molar-refractivity contribution is 9.10. The van der Waals surface area contributed by atoms with Crippen LogP contribution in [-0.2, 0) is 0 Å². The molecule has 1 aliphatic heterocycles. The second-order valence-electron chi connectivity index (χ2n) is 5.16. The SMILES string of the molecule is CNC(c1cc2c(cc1Br)OCCO2)C1CC1C. The summed E-state index contributed by atoms with van der Waals surface area (Å²) in [7, 11) is 2.03. The lowest BCUT2D eigenvalue weighted by Gasteiger charge is -2.23. The molecule has 1 N–H and O–H groups in total. The largest absolute Gasteiger partial charge is 0.486 e. The zero-order chi connectivity index (χ0) is 12.7. The van der Waals surface area contributed by atoms with Crippen molar-refractivity contribution in [2.75, 3.05) is 20.3 Å². The molecule has 3 rings (SSSR count). The van der Waals surface area contributed by atoms with Gasteiger partial charge >= 0.3 is 0 Å². The Hall–Kier alpha value is -0.740. The highest BCUT2D eigenvalue weighted by Gasteiger charge is 2.40. The van der Waals surface area contributed by atoms with E-state index in [1.807, 2.05) is 13.1 Å². The third-order valence-electron chi connectivity index (χ3n) is 3.91. The smallest absolute Gasteiger partial charge is 0.162 e. The van der Waals surface area contributed by atoms with Crippen LogP contribution in [0.1, 0.15) is 24.9 Å². The van der Waals surface area contributed by atoms with Gasteiger partial charge in [0, 0.05) is 10.5 Å². The van der Waals surface area contributed by atoms with Crippen LogP contribution >= 0.6 is 15.9 Å². The molecule has 2 aliphatic rings. The Morgan fingerprint density at radius 1 is 1.28 bits per heavy atom. The average molecular weight is 312 g/mol. The molecule has 0 amide bonds. The van der Waals surface area contributed by atoms with Crippen molar-refractivity contribution >= 4 is 15.9 Å². The van der Waals surface area contributed by atoms with E-state index in [1.54, 1.807) is 0 Å². The van der Waals surface area contributed by atoms with Crippen LogP contribution in [-0.4, -0.2) is 20.3 Å². The van der Waals surface area contributed by atoms with E-state index in [0.29, 0.717) is 19.3 Å². The number of ether oxygens (including phenoxy) is 2. The van der Waals surface area contributed by atoms with Crippen LogP contribution < -0.4 is 14.8 Å². The molecule has 0 bridgehead atoms. The van der Waals surface area contributed by atoms with E-state index in [4.69, 9.17) is 9.47 Å². The first-order valence-corrected chi connectivity index (χ1v) is 7.26. The predicted octanol–water partition coefficient (Wildman–Crippen LogP) is 3.14. The molecule has 3 nitrogen and oxygen atoms in total. The summed E-state index contributed by atoms with van der Waals surface area (Å²) in [6.07, 6.45) is 1.30. The molecule has 1 fully saturated rings. The Balaban J connectivity index is 1.95. The summed E-state index contributed by atoms with van der Waals surface area (Å²) in [4.78, 5) is 0. The van der Waals surface area contributed by atoms with Crippen molar-refractivity contribution in [1.82, 2.24) is 5.32 Å². The first kappa shape index (κ1) is 12.3. The molecule has 1 aromatic carbocycles. The van der Waals surface area contributed by atoms with E-state index in [1.165, 1.54) is 12.0 Å². The molecule has 1 heterocycles. The van der Waals surface area contributed by atoms with Crippen molar-refractivity contribution in [3.05, 3.63) is 22.2 Å². The van der Waals surface area contributed by atoms with Crippen molar-refractivity contribution in [2.45, 2.75) is 19.4 Å². The van der Waals surface area contributed by atoms with Gasteiger partial charge in [0.05, 0.1) is 0 Å². The quantitative estimate of drug-likeness (QED) is 0.930. The van der Waals surface area contributed by atoms with Gasteiger partial charge in [0.1, 0.15) is 13.2 Å². The summed E-state index contributed by atoms with van der Waals surface area (Å²) in [5, 5.41) is 3.43. The summed E-state index contributed by atoms with van der Waals surface area (Å²) in [6, 6.07) is 4.54. The Morgan fingerprint density at radius 3 is 2.44 bits per heavy atom. The van der Waals surface area contributed by atoms with Gasteiger partial charge < -0.3 is 14.8 Å². The average Bonchev–Trinajstić information content (AvgIpc) is 3.08. The van der Waals surface area contributed by atoms with Gasteiger partial charge in [0.2, 0.25) is 0 Å². The van der Waals surface area contributed by atoms with Crippen LogP contribution in [0.25, 0.3) is 0 Å². The standard InChI is InChI=1S/C14H18BrNO2/c1-8-5-9(8)14(16-2)10-6-12-13(7-11(10)15)18-4-3-17-12/h6-9,14,16H,3-5H2,1-2H3. The van der Waals surface area contributed by atoms with E-state index in [0.717, 1.165) is 27.8 Å². The highest BCUT2D eigenvalue weighted by Crippen LogP contribution is 2.49. The second-order valence-corrected chi connectivity index (χ2v) is 6.01. The van der Waals surface area contributed by atoms with E-state index in [9.17, 15) is 0 Å². The number of benzene rings is 1. The third kappa shape index (κ3) is 2.12. The number of rotatable bonds is 3. The first-order chi connectivity index (χ1) is 8.70. The summed E-state index contributed by atoms with van der Waals surface area (Å²) >= 11 is 3.66. The molecule has 0 saturated heterocycles. The fourth-order valence-corrected chi connectivity index (χ4v) is 3.30. The van der Waals surface area contributed by atoms with Crippen molar-refractivity contribution < 1.29 is 9.47 Å². The molecule has 1 saturated carbocycles. The topological polar surface area (TPSA) is 30.5 Å². The molecule has 0 aromatic heterocycles. The number of hydrogen-bond donors (Lipinski definition) is 1. The van der Waals surface area contributed by atoms with Gasteiger partial charge in [-0.1, -0.05) is 22.9 Å². The van der Waals surface area contributed by atoms with Crippen molar-refractivity contribution in [3.8, 4) is 11.5 Å². The van der Waals surface area contributed by atoms with Gasteiger partial charge in [-0.15, -0.1) is 0 Å².